The molecule has 2 aromatic carbocycles. The van der Waals surface area contributed by atoms with Gasteiger partial charge in [0, 0.05) is 43.0 Å². The molecule has 24 atom stereocenters. The van der Waals surface area contributed by atoms with Crippen LogP contribution in [0.15, 0.2) is 36.7 Å². The number of aliphatic hydroxyl groups excluding tert-OH is 9. The zero-order chi connectivity index (χ0) is 71.4. The van der Waals surface area contributed by atoms with Gasteiger partial charge in [-0.2, -0.15) is 0 Å². The average Bonchev–Trinajstić information content (AvgIpc) is 1.54. The number of halogens is 6. The molecule has 15 unspecified atom stereocenters. The Morgan fingerprint density at radius 3 is 1.71 bits per heavy atom. The molecule has 548 valence electrons. The van der Waals surface area contributed by atoms with Crippen LogP contribution in [0.25, 0.3) is 22.5 Å². The lowest BCUT2D eigenvalue weighted by Gasteiger charge is -2.49. The van der Waals surface area contributed by atoms with Crippen molar-refractivity contribution < 1.29 is 130 Å². The molecule has 4 aromatic rings. The fourth-order valence-corrected chi connectivity index (χ4v) is 14.2. The van der Waals surface area contributed by atoms with Crippen LogP contribution >= 0.6 is 0 Å². The van der Waals surface area contributed by atoms with Crippen molar-refractivity contribution in [2.24, 2.45) is 23.7 Å². The first-order valence-electron chi connectivity index (χ1n) is 32.9. The van der Waals surface area contributed by atoms with Gasteiger partial charge < -0.3 is 100 Å². The Labute approximate surface area is 561 Å². The predicted molar refractivity (Wildman–Crippen MR) is 322 cm³/mol. The van der Waals surface area contributed by atoms with Crippen LogP contribution in [-0.2, 0) is 52.3 Å². The summed E-state index contributed by atoms with van der Waals surface area (Å²) in [5.41, 5.74) is -1.00. The summed E-state index contributed by atoms with van der Waals surface area (Å²) in [6, 6.07) is -1.82. The number of aliphatic hydroxyl groups is 9. The van der Waals surface area contributed by atoms with E-state index >= 15 is 0 Å². The lowest BCUT2D eigenvalue weighted by atomic mass is 9.75. The lowest BCUT2D eigenvalue weighted by Crippen LogP contribution is -2.67. The molecule has 30 nitrogen and oxygen atoms in total. The number of carbonyl (C=O) groups excluding carboxylic acids is 3. The summed E-state index contributed by atoms with van der Waals surface area (Å²) >= 11 is 0. The molecule has 99 heavy (non-hydrogen) atoms. The van der Waals surface area contributed by atoms with Crippen LogP contribution in [0.5, 0.6) is 0 Å². The van der Waals surface area contributed by atoms with E-state index in [1.54, 1.807) is 6.92 Å². The van der Waals surface area contributed by atoms with Gasteiger partial charge in [-0.15, -0.1) is 10.2 Å². The van der Waals surface area contributed by atoms with Crippen LogP contribution in [0.2, 0.25) is 0 Å². The number of aromatic nitrogens is 6. The molecule has 0 bridgehead atoms. The molecule has 0 radical (unpaired) electrons. The SMILES string of the molecule is CCC1CC(C(=O)NCCNC(=O)C2CC(n3cc(-c4cc(F)c(F)c(F)c4)nn3)C(O)[C@H](O[C@@H]3OC(CO)[C@H](O)C(n4cc(-c5cc(F)c(F)c(F)c5)nn4)C3O)C2)C[C@@H](O[C@@H]2OC(CO)[C@H](O)C(O[C@@H](CC3CCCCC3)C(=O)O)C2NC(C)=O)C1O[C@@H]1OC(C)[C@@H](O)C(O)C1O. The van der Waals surface area contributed by atoms with Gasteiger partial charge in [-0.25, -0.2) is 40.5 Å². The fourth-order valence-electron chi connectivity index (χ4n) is 14.2. The molecule has 10 rings (SSSR count). The average molecular weight is 1420 g/mol. The third-order valence-corrected chi connectivity index (χ3v) is 19.6. The molecule has 36 heteroatoms. The number of rotatable bonds is 24. The van der Waals surface area contributed by atoms with E-state index in [1.807, 2.05) is 0 Å². The van der Waals surface area contributed by atoms with Gasteiger partial charge in [0.05, 0.1) is 56.1 Å². The van der Waals surface area contributed by atoms with Crippen molar-refractivity contribution >= 4 is 23.7 Å². The van der Waals surface area contributed by atoms with Crippen molar-refractivity contribution in [3.05, 3.63) is 71.6 Å². The minimum atomic E-state index is -1.97. The van der Waals surface area contributed by atoms with Gasteiger partial charge in [0.25, 0.3) is 0 Å². The highest BCUT2D eigenvalue weighted by molar-refractivity contribution is 5.80. The summed E-state index contributed by atoms with van der Waals surface area (Å²) in [6.07, 6.45) is -22.5. The number of amides is 3. The number of benzene rings is 2. The molecule has 5 heterocycles. The number of nitrogens with zero attached hydrogens (tertiary/aromatic N) is 6. The van der Waals surface area contributed by atoms with E-state index in [0.717, 1.165) is 60.8 Å². The monoisotopic (exact) mass is 1420 g/mol. The number of hydrogen-bond donors (Lipinski definition) is 13. The van der Waals surface area contributed by atoms with E-state index in [-0.39, 0.29) is 80.0 Å². The first kappa shape index (κ1) is 75.2. The van der Waals surface area contributed by atoms with Crippen molar-refractivity contribution in [2.45, 2.75) is 220 Å². The Morgan fingerprint density at radius 2 is 1.14 bits per heavy atom. The molecule has 13 N–H and O–H groups in total. The number of carboxylic acid groups (broad SMARTS) is 1. The minimum absolute atomic E-state index is 0.0246. The van der Waals surface area contributed by atoms with E-state index in [2.05, 4.69) is 36.6 Å². The van der Waals surface area contributed by atoms with Crippen molar-refractivity contribution in [1.82, 2.24) is 45.9 Å². The molecule has 3 aliphatic carbocycles. The smallest absolute Gasteiger partial charge is 0.332 e. The molecule has 3 saturated carbocycles. The number of aliphatic carboxylic acids is 1. The highest BCUT2D eigenvalue weighted by Gasteiger charge is 2.54. The maximum absolute atomic E-state index is 14.5. The minimum Gasteiger partial charge on any atom is -0.479 e. The van der Waals surface area contributed by atoms with Gasteiger partial charge in [-0.1, -0.05) is 55.9 Å². The van der Waals surface area contributed by atoms with E-state index in [9.17, 15) is 96.6 Å². The van der Waals surface area contributed by atoms with Gasteiger partial charge in [0.2, 0.25) is 17.7 Å². The molecular formula is C63H83F6N9O21. The summed E-state index contributed by atoms with van der Waals surface area (Å²) < 4.78 is 131. The largest absolute Gasteiger partial charge is 0.479 e. The van der Waals surface area contributed by atoms with E-state index in [4.69, 9.17) is 33.2 Å². The third-order valence-electron chi connectivity index (χ3n) is 19.6. The lowest BCUT2D eigenvalue weighted by molar-refractivity contribution is -0.338. The van der Waals surface area contributed by atoms with Crippen LogP contribution in [0.3, 0.4) is 0 Å². The predicted octanol–water partition coefficient (Wildman–Crippen LogP) is 0.0738. The third kappa shape index (κ3) is 16.9. The molecule has 6 aliphatic rings. The first-order valence-corrected chi connectivity index (χ1v) is 32.9. The summed E-state index contributed by atoms with van der Waals surface area (Å²) in [4.78, 5) is 54.7. The molecule has 3 saturated heterocycles. The molecule has 2 aromatic heterocycles. The van der Waals surface area contributed by atoms with Crippen molar-refractivity contribution in [3.63, 3.8) is 0 Å². The number of carbonyl (C=O) groups is 4. The zero-order valence-electron chi connectivity index (χ0n) is 53.9. The normalized spacial score (nSPS) is 34.9. The maximum atomic E-state index is 14.5. The van der Waals surface area contributed by atoms with Crippen molar-refractivity contribution in [1.29, 1.82) is 0 Å². The Hall–Kier alpha value is -6.46. The van der Waals surface area contributed by atoms with Crippen LogP contribution in [0.1, 0.15) is 103 Å². The van der Waals surface area contributed by atoms with Crippen LogP contribution in [0.4, 0.5) is 26.3 Å². The van der Waals surface area contributed by atoms with Crippen molar-refractivity contribution in [3.8, 4) is 22.5 Å². The zero-order valence-corrected chi connectivity index (χ0v) is 53.9. The number of carboxylic acids is 1. The molecular weight excluding hydrogens is 1330 g/mol. The molecule has 0 spiro atoms. The topological polar surface area (TPSA) is 433 Å². The Morgan fingerprint density at radius 1 is 0.616 bits per heavy atom. The van der Waals surface area contributed by atoms with Crippen LogP contribution in [-0.4, -0.2) is 248 Å². The van der Waals surface area contributed by atoms with Gasteiger partial charge in [-0.3, -0.25) is 14.4 Å². The summed E-state index contributed by atoms with van der Waals surface area (Å²) in [5.74, 6) is -15.8. The summed E-state index contributed by atoms with van der Waals surface area (Å²) in [5, 5.41) is 135. The van der Waals surface area contributed by atoms with Gasteiger partial charge in [0.15, 0.2) is 59.9 Å². The van der Waals surface area contributed by atoms with E-state index < -0.39 is 218 Å². The highest BCUT2D eigenvalue weighted by atomic mass is 19.2. The quantitative estimate of drug-likeness (QED) is 0.0251. The second-order valence-electron chi connectivity index (χ2n) is 26.3. The van der Waals surface area contributed by atoms with Crippen LogP contribution in [0, 0.1) is 58.6 Å². The van der Waals surface area contributed by atoms with Crippen LogP contribution < -0.4 is 16.0 Å². The number of ether oxygens (including phenoxy) is 7. The Bertz CT molecular complexity index is 3390. The second kappa shape index (κ2) is 32.7. The Kier molecular flexibility index (Phi) is 24.8. The molecule has 6 fully saturated rings. The van der Waals surface area contributed by atoms with Gasteiger partial charge in [0.1, 0.15) is 84.5 Å². The van der Waals surface area contributed by atoms with Crippen molar-refractivity contribution in [2.75, 3.05) is 26.3 Å². The Balaban J connectivity index is 0.864. The highest BCUT2D eigenvalue weighted by Crippen LogP contribution is 2.43. The second-order valence-corrected chi connectivity index (χ2v) is 26.3. The van der Waals surface area contributed by atoms with Gasteiger partial charge in [-0.05, 0) is 75.1 Å². The standard InChI is InChI=1S/C63H83F6N9O21/c1-4-28-13-31(20-41(56(28)99-63-55(88)54(87)49(82)25(2)93-63)96-61-47(72-26(3)81)57(52(85)44(24-80)97-61)94-42(60(91)92)12-27-8-6-5-7-9-27)58(89)70-10-11-71-59(90)32-18-39(77-21-37(73-75-77)29-14-33(64)45(68)34(65)15-29)50(83)40(19-32)95-62-53(86)48(51(84)43(23-79)98-62)78-22-38(74-76-78)30-16-35(66)46(69)36(67)17-30/h14-17,21-22,25,27-28,31-32,39-44,47-57,61-63,79-80,82-88H,4-13,18-20,23-24H2,1-3H3,(H,70,89)(H,71,90)(H,72,81)(H,91,92)/t25?,28?,31?,32?,39?,40-,41-,42+,43?,44?,47?,48?,49-,50?,51+,52+,53?,54?,55?,56?,57?,61-,62-,63+/m1/s1. The molecule has 3 aliphatic heterocycles. The van der Waals surface area contributed by atoms with E-state index in [1.165, 1.54) is 6.92 Å². The van der Waals surface area contributed by atoms with E-state index in [0.29, 0.717) is 24.3 Å². The molecule has 3 amide bonds. The first-order chi connectivity index (χ1) is 47.2. The fraction of sp³-hybridized carbons (Fsp3) is 0.683. The maximum Gasteiger partial charge on any atom is 0.332 e. The number of hydrogen-bond acceptors (Lipinski definition) is 24. The summed E-state index contributed by atoms with van der Waals surface area (Å²) in [7, 11) is 0. The number of nitrogens with one attached hydrogen (secondary N) is 3. The van der Waals surface area contributed by atoms with Gasteiger partial charge >= 0.3 is 5.97 Å². The summed E-state index contributed by atoms with van der Waals surface area (Å²) in [6.45, 7) is 2.11.